The van der Waals surface area contributed by atoms with Crippen LogP contribution in [-0.4, -0.2) is 9.97 Å². The van der Waals surface area contributed by atoms with Gasteiger partial charge < -0.3 is 4.98 Å². The highest BCUT2D eigenvalue weighted by molar-refractivity contribution is 9.10. The molecule has 2 rings (SSSR count). The summed E-state index contributed by atoms with van der Waals surface area (Å²) in [5.74, 6) is 0. The van der Waals surface area contributed by atoms with Crippen molar-refractivity contribution in [1.82, 2.24) is 9.97 Å². The smallest absolute Gasteiger partial charge is 0.345 e. The number of aromatic nitrogens is 2. The first kappa shape index (κ1) is 9.51. The Morgan fingerprint density at radius 3 is 2.71 bits per heavy atom. The molecular weight excluding hydrogens is 261 g/mol. The highest BCUT2D eigenvalue weighted by Gasteiger charge is 2.33. The van der Waals surface area contributed by atoms with Gasteiger partial charge in [0.2, 0.25) is 0 Å². The first-order valence-electron chi connectivity index (χ1n) is 3.69. The topological polar surface area (TPSA) is 28.7 Å². The zero-order valence-corrected chi connectivity index (χ0v) is 8.28. The van der Waals surface area contributed by atoms with Crippen LogP contribution < -0.4 is 0 Å². The van der Waals surface area contributed by atoms with Gasteiger partial charge in [0, 0.05) is 22.3 Å². The Bertz CT molecular complexity index is 475. The fourth-order valence-electron chi connectivity index (χ4n) is 1.25. The van der Waals surface area contributed by atoms with E-state index in [0.717, 1.165) is 12.3 Å². The van der Waals surface area contributed by atoms with Gasteiger partial charge in [-0.25, -0.2) is 4.98 Å². The van der Waals surface area contributed by atoms with Gasteiger partial charge in [-0.05, 0) is 22.0 Å². The first-order valence-corrected chi connectivity index (χ1v) is 4.48. The molecule has 0 saturated heterocycles. The Balaban J connectivity index is 2.82. The number of fused-ring (bicyclic) bond motifs is 1. The van der Waals surface area contributed by atoms with Crippen LogP contribution in [0.4, 0.5) is 13.2 Å². The van der Waals surface area contributed by atoms with Crippen LogP contribution in [0, 0.1) is 0 Å². The summed E-state index contributed by atoms with van der Waals surface area (Å²) in [6.45, 7) is 0. The Labute approximate surface area is 85.3 Å². The van der Waals surface area contributed by atoms with Crippen LogP contribution >= 0.6 is 15.9 Å². The lowest BCUT2D eigenvalue weighted by atomic mass is 10.2. The van der Waals surface area contributed by atoms with Gasteiger partial charge in [-0.3, -0.25) is 0 Å². The van der Waals surface area contributed by atoms with Gasteiger partial charge in [0.05, 0.1) is 5.56 Å². The lowest BCUT2D eigenvalue weighted by Crippen LogP contribution is -2.05. The number of aromatic amines is 1. The molecule has 1 N–H and O–H groups in total. The number of hydrogen-bond acceptors (Lipinski definition) is 1. The van der Waals surface area contributed by atoms with E-state index in [9.17, 15) is 13.2 Å². The number of halogens is 4. The monoisotopic (exact) mass is 264 g/mol. The van der Waals surface area contributed by atoms with Crippen molar-refractivity contribution in [3.8, 4) is 0 Å². The first-order chi connectivity index (χ1) is 6.50. The Morgan fingerprint density at radius 1 is 1.36 bits per heavy atom. The number of rotatable bonds is 0. The number of alkyl halides is 3. The molecule has 0 saturated carbocycles. The fraction of sp³-hybridized carbons (Fsp3) is 0.125. The highest BCUT2D eigenvalue weighted by atomic mass is 79.9. The van der Waals surface area contributed by atoms with E-state index in [1.54, 1.807) is 0 Å². The van der Waals surface area contributed by atoms with Crippen LogP contribution in [0.5, 0.6) is 0 Å². The summed E-state index contributed by atoms with van der Waals surface area (Å²) in [5, 5.41) is 0.0694. The van der Waals surface area contributed by atoms with Crippen molar-refractivity contribution in [3.63, 3.8) is 0 Å². The molecule has 0 aliphatic rings. The summed E-state index contributed by atoms with van der Waals surface area (Å²) in [6.07, 6.45) is -1.78. The molecule has 74 valence electrons. The third-order valence-corrected chi connectivity index (χ3v) is 2.46. The van der Waals surface area contributed by atoms with Crippen molar-refractivity contribution in [3.05, 3.63) is 28.5 Å². The van der Waals surface area contributed by atoms with Gasteiger partial charge in [-0.15, -0.1) is 0 Å². The van der Waals surface area contributed by atoms with E-state index in [0.29, 0.717) is 4.47 Å². The van der Waals surface area contributed by atoms with E-state index in [-0.39, 0.29) is 11.0 Å². The fourth-order valence-corrected chi connectivity index (χ4v) is 1.77. The second-order valence-electron chi connectivity index (χ2n) is 2.72. The summed E-state index contributed by atoms with van der Waals surface area (Å²) >= 11 is 3.04. The molecule has 2 nitrogen and oxygen atoms in total. The third-order valence-electron chi connectivity index (χ3n) is 1.83. The van der Waals surface area contributed by atoms with Crippen LogP contribution in [0.25, 0.3) is 11.0 Å². The summed E-state index contributed by atoms with van der Waals surface area (Å²) < 4.78 is 37.9. The maximum absolute atomic E-state index is 12.5. The Hall–Kier alpha value is -1.04. The van der Waals surface area contributed by atoms with Crippen LogP contribution in [-0.2, 0) is 6.18 Å². The molecule has 2 heterocycles. The molecule has 0 spiro atoms. The van der Waals surface area contributed by atoms with Crippen LogP contribution in [0.15, 0.2) is 22.9 Å². The van der Waals surface area contributed by atoms with E-state index in [2.05, 4.69) is 25.9 Å². The standard InChI is InChI=1S/C8H4BrF3N2/c9-5-3-14-7-6(5)4(1-2-13-7)8(10,11)12/h1-3H,(H,13,14). The van der Waals surface area contributed by atoms with Gasteiger partial charge in [0.25, 0.3) is 0 Å². The maximum Gasteiger partial charge on any atom is 0.417 e. The number of nitrogens with zero attached hydrogens (tertiary/aromatic N) is 1. The molecule has 2 aromatic heterocycles. The predicted octanol–water partition coefficient (Wildman–Crippen LogP) is 3.34. The molecule has 2 aromatic rings. The van der Waals surface area contributed by atoms with Crippen molar-refractivity contribution in [2.24, 2.45) is 0 Å². The van der Waals surface area contributed by atoms with Crippen LogP contribution in [0.3, 0.4) is 0 Å². The second kappa shape index (κ2) is 2.98. The highest BCUT2D eigenvalue weighted by Crippen LogP contribution is 2.36. The minimum atomic E-state index is -4.36. The average Bonchev–Trinajstić information content (AvgIpc) is 2.46. The van der Waals surface area contributed by atoms with E-state index >= 15 is 0 Å². The van der Waals surface area contributed by atoms with E-state index in [1.807, 2.05) is 0 Å². The molecule has 0 bridgehead atoms. The molecule has 0 aliphatic carbocycles. The van der Waals surface area contributed by atoms with Gasteiger partial charge in [0.1, 0.15) is 5.65 Å². The largest absolute Gasteiger partial charge is 0.417 e. The summed E-state index contributed by atoms with van der Waals surface area (Å²) in [4.78, 5) is 6.43. The summed E-state index contributed by atoms with van der Waals surface area (Å²) in [5.41, 5.74) is -0.456. The number of nitrogens with one attached hydrogen (secondary N) is 1. The normalized spacial score (nSPS) is 12.3. The van der Waals surface area contributed by atoms with Crippen molar-refractivity contribution >= 4 is 27.0 Å². The maximum atomic E-state index is 12.5. The van der Waals surface area contributed by atoms with Crippen molar-refractivity contribution in [2.75, 3.05) is 0 Å². The predicted molar refractivity (Wildman–Crippen MR) is 48.8 cm³/mol. The summed E-state index contributed by atoms with van der Waals surface area (Å²) in [6, 6.07) is 0.959. The minimum absolute atomic E-state index is 0.0694. The lowest BCUT2D eigenvalue weighted by Gasteiger charge is -2.07. The van der Waals surface area contributed by atoms with Gasteiger partial charge in [-0.2, -0.15) is 13.2 Å². The number of hydrogen-bond donors (Lipinski definition) is 1. The Morgan fingerprint density at radius 2 is 2.07 bits per heavy atom. The number of pyridine rings is 1. The van der Waals surface area contributed by atoms with E-state index in [4.69, 9.17) is 0 Å². The molecule has 0 fully saturated rings. The van der Waals surface area contributed by atoms with E-state index < -0.39 is 11.7 Å². The number of H-pyrrole nitrogens is 1. The third kappa shape index (κ3) is 1.39. The molecular formula is C8H4BrF3N2. The SMILES string of the molecule is FC(F)(F)c1ccnc2[nH]cc(Br)c12. The molecule has 14 heavy (non-hydrogen) atoms. The summed E-state index contributed by atoms with van der Waals surface area (Å²) in [7, 11) is 0. The quantitative estimate of drug-likeness (QED) is 0.777. The van der Waals surface area contributed by atoms with Crippen LogP contribution in [0.1, 0.15) is 5.56 Å². The van der Waals surface area contributed by atoms with Crippen molar-refractivity contribution in [1.29, 1.82) is 0 Å². The average molecular weight is 265 g/mol. The molecule has 6 heteroatoms. The zero-order valence-electron chi connectivity index (χ0n) is 6.69. The van der Waals surface area contributed by atoms with Gasteiger partial charge in [0.15, 0.2) is 0 Å². The molecule has 0 unspecified atom stereocenters. The van der Waals surface area contributed by atoms with Gasteiger partial charge in [-0.1, -0.05) is 0 Å². The molecule has 0 atom stereocenters. The van der Waals surface area contributed by atoms with E-state index in [1.165, 1.54) is 6.20 Å². The van der Waals surface area contributed by atoms with Crippen molar-refractivity contribution < 1.29 is 13.2 Å². The molecule has 0 amide bonds. The Kier molecular flexibility index (Phi) is 2.02. The molecule has 0 aromatic carbocycles. The van der Waals surface area contributed by atoms with Crippen LogP contribution in [0.2, 0.25) is 0 Å². The minimum Gasteiger partial charge on any atom is -0.345 e. The van der Waals surface area contributed by atoms with Crippen molar-refractivity contribution in [2.45, 2.75) is 6.18 Å². The van der Waals surface area contributed by atoms with Gasteiger partial charge >= 0.3 is 6.18 Å². The second-order valence-corrected chi connectivity index (χ2v) is 3.57. The molecule has 0 radical (unpaired) electrons. The molecule has 0 aliphatic heterocycles. The zero-order chi connectivity index (χ0) is 10.3. The lowest BCUT2D eigenvalue weighted by molar-refractivity contribution is -0.136.